The van der Waals surface area contributed by atoms with Crippen molar-refractivity contribution in [2.24, 2.45) is 5.84 Å². The number of halogens is 2. The number of nitrogens with two attached hydrogens (primary N) is 1. The second kappa shape index (κ2) is 9.74. The van der Waals surface area contributed by atoms with Crippen molar-refractivity contribution in [1.82, 2.24) is 9.97 Å². The van der Waals surface area contributed by atoms with Gasteiger partial charge in [-0.1, -0.05) is 0 Å². The van der Waals surface area contributed by atoms with E-state index in [0.717, 1.165) is 24.3 Å². The number of hydrogen-bond acceptors (Lipinski definition) is 8. The third-order valence-corrected chi connectivity index (χ3v) is 4.47. The Bertz CT molecular complexity index is 1330. The van der Waals surface area contributed by atoms with E-state index in [1.807, 2.05) is 0 Å². The lowest BCUT2D eigenvalue weighted by molar-refractivity contribution is -0.474. The summed E-state index contributed by atoms with van der Waals surface area (Å²) in [6, 6.07) is 12.4. The first-order valence-corrected chi connectivity index (χ1v) is 9.79. The average molecular weight is 481 g/mol. The van der Waals surface area contributed by atoms with Gasteiger partial charge < -0.3 is 14.8 Å². The highest BCUT2D eigenvalue weighted by Crippen LogP contribution is 2.30. The van der Waals surface area contributed by atoms with Crippen molar-refractivity contribution in [2.45, 2.75) is 0 Å². The Morgan fingerprint density at radius 1 is 0.771 bits per heavy atom. The first kappa shape index (κ1) is 23.0. The van der Waals surface area contributed by atoms with Gasteiger partial charge in [0.15, 0.2) is 28.0 Å². The molecule has 11 nitrogen and oxygen atoms in total. The Balaban J connectivity index is 1.48. The summed E-state index contributed by atoms with van der Waals surface area (Å²) in [4.78, 5) is 29.4. The summed E-state index contributed by atoms with van der Waals surface area (Å²) in [5.41, 5.74) is -0.476. The number of nitrogens with one attached hydrogen (secondary N) is 1. The molecule has 0 bridgehead atoms. The van der Waals surface area contributed by atoms with Gasteiger partial charge in [0.1, 0.15) is 23.1 Å². The van der Waals surface area contributed by atoms with Crippen LogP contribution in [0.3, 0.4) is 0 Å². The number of nitroso groups, excluding NO2 is 1. The fourth-order valence-electron chi connectivity index (χ4n) is 2.87. The van der Waals surface area contributed by atoms with E-state index < -0.39 is 22.2 Å². The monoisotopic (exact) mass is 481 g/mol. The van der Waals surface area contributed by atoms with Crippen LogP contribution in [0.5, 0.6) is 23.0 Å². The summed E-state index contributed by atoms with van der Waals surface area (Å²) >= 11 is 0. The lowest BCUT2D eigenvalue weighted by Crippen LogP contribution is -2.08. The van der Waals surface area contributed by atoms with Crippen LogP contribution in [0.4, 0.5) is 31.8 Å². The van der Waals surface area contributed by atoms with E-state index in [-0.39, 0.29) is 39.4 Å². The third kappa shape index (κ3) is 5.60. The molecule has 35 heavy (non-hydrogen) atoms. The van der Waals surface area contributed by atoms with Crippen LogP contribution in [-0.4, -0.2) is 19.8 Å². The molecule has 2 aromatic heterocycles. The zero-order chi connectivity index (χ0) is 24.9. The van der Waals surface area contributed by atoms with E-state index in [9.17, 15) is 23.8 Å². The molecule has 0 fully saturated rings. The minimum absolute atomic E-state index is 0.0299. The van der Waals surface area contributed by atoms with Crippen LogP contribution >= 0.6 is 0 Å². The van der Waals surface area contributed by atoms with E-state index in [1.54, 1.807) is 0 Å². The average Bonchev–Trinajstić information content (AvgIpc) is 2.82. The van der Waals surface area contributed by atoms with Crippen molar-refractivity contribution < 1.29 is 28.0 Å². The number of nitro benzene ring substituents is 1. The van der Waals surface area contributed by atoms with E-state index >= 15 is 0 Å². The fraction of sp³-hybridized carbons (Fsp3) is 0. The van der Waals surface area contributed by atoms with Gasteiger partial charge in [0.2, 0.25) is 0 Å². The van der Waals surface area contributed by atoms with E-state index in [4.69, 9.17) is 15.3 Å². The molecule has 2 heterocycles. The topological polar surface area (TPSA) is 146 Å². The van der Waals surface area contributed by atoms with E-state index in [1.165, 1.54) is 48.8 Å². The first-order valence-electron chi connectivity index (χ1n) is 9.79. The molecular weight excluding hydrogens is 466 g/mol. The molecule has 4 rings (SSSR count). The molecule has 0 aliphatic rings. The smallest absolute Gasteiger partial charge is 0.294 e. The molecule has 0 radical (unpaired) electrons. The van der Waals surface area contributed by atoms with Crippen molar-refractivity contribution in [3.63, 3.8) is 0 Å². The van der Waals surface area contributed by atoms with Gasteiger partial charge in [-0.3, -0.25) is 10.1 Å². The molecule has 4 aromatic rings. The number of hydrogen-bond donors (Lipinski definition) is 2. The molecule has 2 aromatic carbocycles. The van der Waals surface area contributed by atoms with Crippen LogP contribution in [0.2, 0.25) is 0 Å². The summed E-state index contributed by atoms with van der Waals surface area (Å²) < 4.78 is 39.3. The van der Waals surface area contributed by atoms with Crippen LogP contribution in [0, 0.1) is 26.7 Å². The molecule has 0 unspecified atom stereocenters. The second-order valence-corrected chi connectivity index (χ2v) is 6.90. The Hall–Kier alpha value is -5.20. The Morgan fingerprint density at radius 3 is 1.71 bits per heavy atom. The van der Waals surface area contributed by atoms with E-state index in [2.05, 4.69) is 15.3 Å². The highest BCUT2D eigenvalue weighted by atomic mass is 19.1. The maximum Gasteiger partial charge on any atom is 0.294 e. The maximum atomic E-state index is 14.2. The zero-order valence-corrected chi connectivity index (χ0v) is 17.6. The molecule has 0 atom stereocenters. The third-order valence-electron chi connectivity index (χ3n) is 4.47. The van der Waals surface area contributed by atoms with Gasteiger partial charge in [-0.2, -0.15) is 5.84 Å². The molecule has 0 amide bonds. The van der Waals surface area contributed by atoms with Crippen LogP contribution < -0.4 is 20.6 Å². The van der Waals surface area contributed by atoms with Crippen LogP contribution in [0.1, 0.15) is 0 Å². The Morgan fingerprint density at radius 2 is 1.26 bits per heavy atom. The number of pyridine rings is 2. The number of benzene rings is 2. The minimum atomic E-state index is -0.897. The van der Waals surface area contributed by atoms with E-state index in [0.29, 0.717) is 5.82 Å². The summed E-state index contributed by atoms with van der Waals surface area (Å²) in [5, 5.41) is 13.7. The summed E-state index contributed by atoms with van der Waals surface area (Å²) in [5.74, 6) is 4.05. The largest absolute Gasteiger partial charge is 0.454 e. The SMILES string of the molecule is N[N+](=O)c1ccc(Oc2ccnc(Nc3cc(Oc4ccc([N+](=O)[O-])cc4F)ccn3)c2)c(F)c1. The first-order chi connectivity index (χ1) is 16.8. The van der Waals surface area contributed by atoms with Gasteiger partial charge in [-0.15, -0.1) is 0 Å². The van der Waals surface area contributed by atoms with Gasteiger partial charge in [0.05, 0.1) is 22.0 Å². The lowest BCUT2D eigenvalue weighted by Gasteiger charge is -2.10. The van der Waals surface area contributed by atoms with Crippen molar-refractivity contribution in [1.29, 1.82) is 0 Å². The molecule has 0 aliphatic carbocycles. The number of nitro groups is 1. The zero-order valence-electron chi connectivity index (χ0n) is 17.6. The number of non-ortho nitro benzene ring substituents is 1. The maximum absolute atomic E-state index is 14.2. The molecular formula is C22H15F2N6O5+. The number of ether oxygens (including phenoxy) is 2. The standard InChI is InChI=1S/C22H15F2N6O5/c23-17-9-13(29(25)31)1-3-19(17)34-15-5-7-26-21(11-15)28-22-12-16(6-8-27-22)35-20-4-2-14(30(32)33)10-18(20)24/h1-12H,(H2,25,31)(H,26,27,28)/q+1. The Labute approximate surface area is 195 Å². The summed E-state index contributed by atoms with van der Waals surface area (Å²) in [6.45, 7) is 0. The molecule has 13 heteroatoms. The number of rotatable bonds is 8. The van der Waals surface area contributed by atoms with Crippen LogP contribution in [0.25, 0.3) is 0 Å². The van der Waals surface area contributed by atoms with Gasteiger partial charge in [-0.05, 0) is 24.3 Å². The Kier molecular flexibility index (Phi) is 6.39. The lowest BCUT2D eigenvalue weighted by atomic mass is 10.3. The second-order valence-electron chi connectivity index (χ2n) is 6.90. The van der Waals surface area contributed by atoms with Gasteiger partial charge in [0.25, 0.3) is 11.4 Å². The number of hydrazine groups is 1. The van der Waals surface area contributed by atoms with Crippen molar-refractivity contribution in [3.05, 3.63) is 99.7 Å². The quantitative estimate of drug-likeness (QED) is 0.149. The van der Waals surface area contributed by atoms with Crippen LogP contribution in [-0.2, 0) is 0 Å². The summed E-state index contributed by atoms with van der Waals surface area (Å²) in [7, 11) is 0. The molecule has 0 spiro atoms. The predicted molar refractivity (Wildman–Crippen MR) is 119 cm³/mol. The highest BCUT2D eigenvalue weighted by Gasteiger charge is 2.15. The molecule has 0 saturated heterocycles. The number of nitrogens with zero attached hydrogens (tertiary/aromatic N) is 4. The number of aromatic nitrogens is 2. The predicted octanol–water partition coefficient (Wildman–Crippen LogP) is 5.28. The molecule has 176 valence electrons. The van der Waals surface area contributed by atoms with Gasteiger partial charge >= 0.3 is 0 Å². The van der Waals surface area contributed by atoms with Gasteiger partial charge in [0, 0.05) is 36.7 Å². The molecule has 3 N–H and O–H groups in total. The van der Waals surface area contributed by atoms with Crippen LogP contribution in [0.15, 0.2) is 73.1 Å². The van der Waals surface area contributed by atoms with Gasteiger partial charge in [-0.25, -0.2) is 18.7 Å². The summed E-state index contributed by atoms with van der Waals surface area (Å²) in [6.07, 6.45) is 2.81. The highest BCUT2D eigenvalue weighted by molar-refractivity contribution is 5.56. The normalized spacial score (nSPS) is 10.5. The molecule has 0 aliphatic heterocycles. The van der Waals surface area contributed by atoms with Crippen molar-refractivity contribution in [3.8, 4) is 23.0 Å². The minimum Gasteiger partial charge on any atom is -0.454 e. The molecule has 0 saturated carbocycles. The number of anilines is 2. The van der Waals surface area contributed by atoms with Crippen molar-refractivity contribution >= 4 is 23.0 Å². The fourth-order valence-corrected chi connectivity index (χ4v) is 2.87. The van der Waals surface area contributed by atoms with Crippen molar-refractivity contribution in [2.75, 3.05) is 5.32 Å².